The summed E-state index contributed by atoms with van der Waals surface area (Å²) in [5, 5.41) is 8.40. The predicted octanol–water partition coefficient (Wildman–Crippen LogP) is 3.69. The van der Waals surface area contributed by atoms with E-state index >= 15 is 0 Å². The molecule has 0 aliphatic carbocycles. The highest BCUT2D eigenvalue weighted by molar-refractivity contribution is 9.13. The molecule has 2 aliphatic rings. The van der Waals surface area contributed by atoms with Crippen molar-refractivity contribution in [3.63, 3.8) is 0 Å². The number of methoxy groups -OCH3 is 1. The summed E-state index contributed by atoms with van der Waals surface area (Å²) in [5.74, 6) is 1.94. The molecule has 3 rings (SSSR count). The first kappa shape index (κ1) is 12.5. The van der Waals surface area contributed by atoms with Crippen LogP contribution in [0.1, 0.15) is 10.4 Å². The van der Waals surface area contributed by atoms with E-state index in [1.54, 1.807) is 7.11 Å². The molecule has 0 bridgehead atoms. The first-order chi connectivity index (χ1) is 8.57. The number of halogens is 2. The number of nitrogens with one attached hydrogen (secondary N) is 1. The van der Waals surface area contributed by atoms with Crippen molar-refractivity contribution in [2.75, 3.05) is 7.11 Å². The molecule has 7 heteroatoms. The molecule has 1 aromatic rings. The largest absolute Gasteiger partial charge is 0.497 e. The number of fused-ring (bicyclic) bond motifs is 2. The molecule has 1 N–H and O–H groups in total. The zero-order valence-electron chi connectivity index (χ0n) is 9.24. The van der Waals surface area contributed by atoms with Gasteiger partial charge in [-0.15, -0.1) is 0 Å². The predicted molar refractivity (Wildman–Crippen MR) is 79.7 cm³/mol. The van der Waals surface area contributed by atoms with Crippen molar-refractivity contribution < 1.29 is 9.47 Å². The summed E-state index contributed by atoms with van der Waals surface area (Å²) in [4.78, 5) is -0.0964. The Kier molecular flexibility index (Phi) is 2.95. The lowest BCUT2D eigenvalue weighted by molar-refractivity contribution is 0.409. The number of alkyl halides is 2. The van der Waals surface area contributed by atoms with Gasteiger partial charge in [-0.2, -0.15) is 4.40 Å². The Hall–Kier alpha value is -0.530. The Bertz CT molecular complexity index is 578. The summed E-state index contributed by atoms with van der Waals surface area (Å²) in [6.45, 7) is 0. The number of rotatable bonds is 1. The smallest absolute Gasteiger partial charge is 0.227 e. The van der Waals surface area contributed by atoms with Crippen LogP contribution in [0.5, 0.6) is 11.5 Å². The van der Waals surface area contributed by atoms with Gasteiger partial charge in [0.2, 0.25) is 5.90 Å². The third-order valence-electron chi connectivity index (χ3n) is 2.91. The zero-order valence-corrected chi connectivity index (χ0v) is 13.2. The Morgan fingerprint density at radius 2 is 2.33 bits per heavy atom. The average molecular weight is 392 g/mol. The lowest BCUT2D eigenvalue weighted by atomic mass is 9.96. The van der Waals surface area contributed by atoms with Gasteiger partial charge < -0.3 is 9.47 Å². The molecule has 0 radical (unpaired) electrons. The van der Waals surface area contributed by atoms with Crippen LogP contribution in [0, 0.1) is 5.41 Å². The number of hydrogen-bond acceptors (Lipinski definition) is 5. The van der Waals surface area contributed by atoms with Crippen LogP contribution < -0.4 is 9.47 Å². The number of ether oxygens (including phenoxy) is 2. The molecule has 2 unspecified atom stereocenters. The molecule has 0 spiro atoms. The average Bonchev–Trinajstić information content (AvgIpc) is 2.67. The van der Waals surface area contributed by atoms with E-state index in [4.69, 9.17) is 14.9 Å². The van der Waals surface area contributed by atoms with Crippen LogP contribution in [0.3, 0.4) is 0 Å². The molecule has 0 aromatic heterocycles. The fourth-order valence-corrected chi connectivity index (χ4v) is 4.29. The second kappa shape index (κ2) is 4.25. The molecule has 0 saturated heterocycles. The SMILES string of the molecule is COc1ccc2c(c1)OC1=NSC(=N)C1(Br)C2Br. The van der Waals surface area contributed by atoms with Gasteiger partial charge in [-0.1, -0.05) is 37.9 Å². The van der Waals surface area contributed by atoms with Gasteiger partial charge in [-0.25, -0.2) is 0 Å². The Morgan fingerprint density at radius 3 is 3.06 bits per heavy atom. The summed E-state index contributed by atoms with van der Waals surface area (Å²) in [7, 11) is 1.61. The molecule has 2 atom stereocenters. The Labute approximate surface area is 125 Å². The van der Waals surface area contributed by atoms with E-state index in [-0.39, 0.29) is 4.83 Å². The maximum atomic E-state index is 7.99. The summed E-state index contributed by atoms with van der Waals surface area (Å²) in [6, 6.07) is 5.63. The molecule has 1 aromatic carbocycles. The van der Waals surface area contributed by atoms with Gasteiger partial charge in [0.05, 0.1) is 11.9 Å². The maximum absolute atomic E-state index is 7.99. The van der Waals surface area contributed by atoms with E-state index < -0.39 is 4.32 Å². The van der Waals surface area contributed by atoms with Gasteiger partial charge in [0, 0.05) is 23.6 Å². The molecule has 0 saturated carbocycles. The summed E-state index contributed by atoms with van der Waals surface area (Å²) in [6.07, 6.45) is 0. The minimum Gasteiger partial charge on any atom is -0.497 e. The number of nitrogens with zero attached hydrogens (tertiary/aromatic N) is 1. The molecule has 94 valence electrons. The van der Waals surface area contributed by atoms with Crippen molar-refractivity contribution in [1.29, 1.82) is 5.41 Å². The van der Waals surface area contributed by atoms with Gasteiger partial charge in [0.1, 0.15) is 16.5 Å². The molecule has 18 heavy (non-hydrogen) atoms. The Morgan fingerprint density at radius 1 is 1.56 bits per heavy atom. The highest BCUT2D eigenvalue weighted by Gasteiger charge is 2.54. The second-order valence-corrected chi connectivity index (χ2v) is 6.84. The van der Waals surface area contributed by atoms with Crippen molar-refractivity contribution >= 4 is 54.7 Å². The van der Waals surface area contributed by atoms with Gasteiger partial charge in [-0.3, -0.25) is 5.41 Å². The standard InChI is InChI=1S/C11H8Br2N2O2S/c1-16-5-2-3-6-7(4-5)17-10-11(13,8(6)12)9(14)18-15-10/h2-4,8,14H,1H3. The van der Waals surface area contributed by atoms with Crippen LogP contribution in [0.2, 0.25) is 0 Å². The number of benzene rings is 1. The van der Waals surface area contributed by atoms with Gasteiger partial charge in [0.15, 0.2) is 4.32 Å². The van der Waals surface area contributed by atoms with Crippen LogP contribution in [-0.2, 0) is 0 Å². The lowest BCUT2D eigenvalue weighted by Gasteiger charge is -2.34. The third-order valence-corrected chi connectivity index (χ3v) is 6.92. The van der Waals surface area contributed by atoms with Crippen LogP contribution in [-0.4, -0.2) is 22.4 Å². The van der Waals surface area contributed by atoms with E-state index in [1.165, 1.54) is 0 Å². The summed E-state index contributed by atoms with van der Waals surface area (Å²) < 4.78 is 14.4. The van der Waals surface area contributed by atoms with Crippen LogP contribution >= 0.6 is 43.8 Å². The fourth-order valence-electron chi connectivity index (χ4n) is 1.89. The molecule has 2 aliphatic heterocycles. The van der Waals surface area contributed by atoms with E-state index in [0.29, 0.717) is 16.7 Å². The summed E-state index contributed by atoms with van der Waals surface area (Å²) >= 11 is 8.34. The third kappa shape index (κ3) is 1.57. The minimum atomic E-state index is -0.695. The molecule has 2 heterocycles. The van der Waals surface area contributed by atoms with Crippen LogP contribution in [0.25, 0.3) is 0 Å². The topological polar surface area (TPSA) is 54.7 Å². The molecule has 0 fully saturated rings. The van der Waals surface area contributed by atoms with Gasteiger partial charge >= 0.3 is 0 Å². The monoisotopic (exact) mass is 390 g/mol. The second-order valence-electron chi connectivity index (χ2n) is 3.90. The lowest BCUT2D eigenvalue weighted by Crippen LogP contribution is -2.45. The molecular formula is C11H8Br2N2O2S. The van der Waals surface area contributed by atoms with E-state index in [9.17, 15) is 0 Å². The van der Waals surface area contributed by atoms with Crippen molar-refractivity contribution in [2.45, 2.75) is 9.15 Å². The van der Waals surface area contributed by atoms with Gasteiger partial charge in [-0.05, 0) is 6.07 Å². The summed E-state index contributed by atoms with van der Waals surface area (Å²) in [5.41, 5.74) is 0.971. The molecule has 0 amide bonds. The zero-order chi connectivity index (χ0) is 12.9. The normalized spacial score (nSPS) is 29.2. The van der Waals surface area contributed by atoms with Crippen molar-refractivity contribution in [3.05, 3.63) is 23.8 Å². The van der Waals surface area contributed by atoms with Crippen molar-refractivity contribution in [2.24, 2.45) is 4.40 Å². The van der Waals surface area contributed by atoms with Crippen LogP contribution in [0.4, 0.5) is 0 Å². The molecular weight excluding hydrogens is 384 g/mol. The maximum Gasteiger partial charge on any atom is 0.227 e. The highest BCUT2D eigenvalue weighted by atomic mass is 79.9. The fraction of sp³-hybridized carbons (Fsp3) is 0.273. The van der Waals surface area contributed by atoms with Gasteiger partial charge in [0.25, 0.3) is 0 Å². The Balaban J connectivity index is 2.14. The van der Waals surface area contributed by atoms with E-state index in [2.05, 4.69) is 36.3 Å². The quantitative estimate of drug-likeness (QED) is 0.586. The number of hydrogen-bond donors (Lipinski definition) is 1. The minimum absolute atomic E-state index is 0.0964. The van der Waals surface area contributed by atoms with E-state index in [1.807, 2.05) is 18.2 Å². The first-order valence-electron chi connectivity index (χ1n) is 5.10. The van der Waals surface area contributed by atoms with Crippen LogP contribution in [0.15, 0.2) is 22.6 Å². The van der Waals surface area contributed by atoms with E-state index in [0.717, 1.165) is 23.3 Å². The first-order valence-corrected chi connectivity index (χ1v) is 7.59. The highest BCUT2D eigenvalue weighted by Crippen LogP contribution is 2.54. The molecule has 4 nitrogen and oxygen atoms in total. The van der Waals surface area contributed by atoms with Crippen molar-refractivity contribution in [1.82, 2.24) is 0 Å². The van der Waals surface area contributed by atoms with Crippen molar-refractivity contribution in [3.8, 4) is 11.5 Å².